The summed E-state index contributed by atoms with van der Waals surface area (Å²) in [6, 6.07) is 10.3. The molecule has 0 fully saturated rings. The summed E-state index contributed by atoms with van der Waals surface area (Å²) in [5.41, 5.74) is 7.17. The van der Waals surface area contributed by atoms with E-state index in [0.717, 1.165) is 53.4 Å². The Labute approximate surface area is 153 Å². The summed E-state index contributed by atoms with van der Waals surface area (Å²) >= 11 is 0. The molecule has 0 amide bonds. The van der Waals surface area contributed by atoms with Crippen LogP contribution in [0.1, 0.15) is 28.1 Å². The van der Waals surface area contributed by atoms with Crippen LogP contribution in [0.4, 0.5) is 5.82 Å². The zero-order chi connectivity index (χ0) is 18.1. The van der Waals surface area contributed by atoms with Gasteiger partial charge in [-0.2, -0.15) is 5.26 Å². The second-order valence-electron chi connectivity index (χ2n) is 6.67. The summed E-state index contributed by atoms with van der Waals surface area (Å²) < 4.78 is 0. The Balaban J connectivity index is 1.64. The first-order valence-electron chi connectivity index (χ1n) is 8.66. The normalized spacial score (nSPS) is 13.2. The highest BCUT2D eigenvalue weighted by molar-refractivity contribution is 5.63. The lowest BCUT2D eigenvalue weighted by atomic mass is 10.0. The Morgan fingerprint density at radius 1 is 1.00 bits per heavy atom. The summed E-state index contributed by atoms with van der Waals surface area (Å²) in [4.78, 5) is 15.8. The van der Waals surface area contributed by atoms with Crippen LogP contribution in [0, 0.1) is 25.2 Å². The lowest BCUT2D eigenvalue weighted by molar-refractivity contribution is 0.701. The second kappa shape index (κ2) is 6.57. The zero-order valence-corrected chi connectivity index (χ0v) is 14.9. The van der Waals surface area contributed by atoms with Crippen molar-refractivity contribution in [2.75, 3.05) is 11.4 Å². The second-order valence-corrected chi connectivity index (χ2v) is 6.67. The van der Waals surface area contributed by atoms with Crippen LogP contribution >= 0.6 is 0 Å². The maximum absolute atomic E-state index is 9.03. The van der Waals surface area contributed by atoms with E-state index in [1.54, 1.807) is 6.20 Å². The van der Waals surface area contributed by atoms with E-state index >= 15 is 0 Å². The molecular formula is C21H19N5. The van der Waals surface area contributed by atoms with Gasteiger partial charge in [-0.25, -0.2) is 4.98 Å². The van der Waals surface area contributed by atoms with Crippen molar-refractivity contribution >= 4 is 5.82 Å². The first-order chi connectivity index (χ1) is 12.6. The van der Waals surface area contributed by atoms with E-state index in [0.29, 0.717) is 5.56 Å². The topological polar surface area (TPSA) is 65.7 Å². The molecule has 4 rings (SSSR count). The van der Waals surface area contributed by atoms with Crippen LogP contribution in [0.2, 0.25) is 0 Å². The third kappa shape index (κ3) is 3.02. The lowest BCUT2D eigenvalue weighted by Crippen LogP contribution is -2.32. The molecule has 5 nitrogen and oxygen atoms in total. The summed E-state index contributed by atoms with van der Waals surface area (Å²) in [5, 5.41) is 9.03. The van der Waals surface area contributed by atoms with Gasteiger partial charge in [0.1, 0.15) is 11.9 Å². The molecule has 0 aromatic carbocycles. The molecule has 3 aromatic heterocycles. The van der Waals surface area contributed by atoms with Crippen molar-refractivity contribution in [1.29, 1.82) is 5.26 Å². The van der Waals surface area contributed by atoms with Gasteiger partial charge in [-0.15, -0.1) is 0 Å². The number of pyridine rings is 3. The average Bonchev–Trinajstić information content (AvgIpc) is 2.67. The predicted octanol–water partition coefficient (Wildman–Crippen LogP) is 3.59. The van der Waals surface area contributed by atoms with E-state index < -0.39 is 0 Å². The highest BCUT2D eigenvalue weighted by atomic mass is 15.2. The molecule has 128 valence electrons. The van der Waals surface area contributed by atoms with Gasteiger partial charge in [-0.3, -0.25) is 9.97 Å². The number of fused-ring (bicyclic) bond motifs is 1. The molecule has 0 bridgehead atoms. The van der Waals surface area contributed by atoms with Crippen molar-refractivity contribution in [3.8, 4) is 17.2 Å². The molecule has 0 spiro atoms. The molecule has 4 heterocycles. The number of nitrogens with zero attached hydrogens (tertiary/aromatic N) is 5. The molecular weight excluding hydrogens is 322 g/mol. The quantitative estimate of drug-likeness (QED) is 0.713. The molecule has 0 unspecified atom stereocenters. The van der Waals surface area contributed by atoms with Crippen LogP contribution in [0.5, 0.6) is 0 Å². The molecule has 0 saturated carbocycles. The SMILES string of the molecule is Cc1ccc(-c2cnc3c(c2)CN(c2ncc(C#N)cc2C)CC3)cn1. The highest BCUT2D eigenvalue weighted by Gasteiger charge is 2.20. The minimum absolute atomic E-state index is 0.597. The number of hydrogen-bond acceptors (Lipinski definition) is 5. The molecule has 0 aliphatic carbocycles. The Morgan fingerprint density at radius 2 is 1.85 bits per heavy atom. The monoisotopic (exact) mass is 341 g/mol. The van der Waals surface area contributed by atoms with E-state index in [4.69, 9.17) is 5.26 Å². The lowest BCUT2D eigenvalue weighted by Gasteiger charge is -2.30. The van der Waals surface area contributed by atoms with Crippen molar-refractivity contribution in [1.82, 2.24) is 15.0 Å². The molecule has 1 aliphatic heterocycles. The number of aryl methyl sites for hydroxylation is 2. The Bertz CT molecular complexity index is 1000. The molecule has 3 aromatic rings. The predicted molar refractivity (Wildman–Crippen MR) is 101 cm³/mol. The standard InChI is InChI=1S/C21H19N5/c1-14-7-16(9-22)10-25-21(14)26-6-5-20-19(13-26)8-18(12-24-20)17-4-3-15(2)23-11-17/h3-4,7-8,10-12H,5-6,13H2,1-2H3. The fourth-order valence-corrected chi connectivity index (χ4v) is 3.36. The van der Waals surface area contributed by atoms with Gasteiger partial charge in [-0.05, 0) is 43.2 Å². The van der Waals surface area contributed by atoms with Crippen LogP contribution in [-0.4, -0.2) is 21.5 Å². The summed E-state index contributed by atoms with van der Waals surface area (Å²) in [6.07, 6.45) is 6.37. The Kier molecular flexibility index (Phi) is 4.10. The van der Waals surface area contributed by atoms with Gasteiger partial charge in [-0.1, -0.05) is 6.07 Å². The minimum Gasteiger partial charge on any atom is -0.352 e. The van der Waals surface area contributed by atoms with Crippen molar-refractivity contribution in [3.63, 3.8) is 0 Å². The van der Waals surface area contributed by atoms with Crippen molar-refractivity contribution in [2.45, 2.75) is 26.8 Å². The van der Waals surface area contributed by atoms with Crippen molar-refractivity contribution < 1.29 is 0 Å². The fraction of sp³-hybridized carbons (Fsp3) is 0.238. The van der Waals surface area contributed by atoms with Crippen LogP contribution in [0.15, 0.2) is 42.9 Å². The number of rotatable bonds is 2. The van der Waals surface area contributed by atoms with Gasteiger partial charge >= 0.3 is 0 Å². The first kappa shape index (κ1) is 16.2. The maximum Gasteiger partial charge on any atom is 0.131 e. The smallest absolute Gasteiger partial charge is 0.131 e. The molecule has 0 atom stereocenters. The fourth-order valence-electron chi connectivity index (χ4n) is 3.36. The van der Waals surface area contributed by atoms with E-state index in [1.165, 1.54) is 5.56 Å². The highest BCUT2D eigenvalue weighted by Crippen LogP contribution is 2.28. The third-order valence-electron chi connectivity index (χ3n) is 4.76. The molecule has 26 heavy (non-hydrogen) atoms. The maximum atomic E-state index is 9.03. The van der Waals surface area contributed by atoms with E-state index in [-0.39, 0.29) is 0 Å². The Hall–Kier alpha value is -3.26. The van der Waals surface area contributed by atoms with Crippen LogP contribution in [0.25, 0.3) is 11.1 Å². The molecule has 0 N–H and O–H groups in total. The van der Waals surface area contributed by atoms with Crippen molar-refractivity contribution in [2.24, 2.45) is 0 Å². The molecule has 0 saturated heterocycles. The Morgan fingerprint density at radius 3 is 2.58 bits per heavy atom. The van der Waals surface area contributed by atoms with E-state index in [2.05, 4.69) is 38.1 Å². The van der Waals surface area contributed by atoms with Gasteiger partial charge < -0.3 is 4.90 Å². The summed E-state index contributed by atoms with van der Waals surface area (Å²) in [5.74, 6) is 0.942. The minimum atomic E-state index is 0.597. The number of aromatic nitrogens is 3. The zero-order valence-electron chi connectivity index (χ0n) is 14.9. The summed E-state index contributed by atoms with van der Waals surface area (Å²) in [7, 11) is 0. The van der Waals surface area contributed by atoms with Crippen LogP contribution in [-0.2, 0) is 13.0 Å². The average molecular weight is 341 g/mol. The van der Waals surface area contributed by atoms with Gasteiger partial charge in [0.25, 0.3) is 0 Å². The van der Waals surface area contributed by atoms with E-state index in [9.17, 15) is 0 Å². The molecule has 0 radical (unpaired) electrons. The number of anilines is 1. The summed E-state index contributed by atoms with van der Waals surface area (Å²) in [6.45, 7) is 5.64. The van der Waals surface area contributed by atoms with E-state index in [1.807, 2.05) is 38.4 Å². The van der Waals surface area contributed by atoms with Gasteiger partial charge in [0, 0.05) is 60.6 Å². The largest absolute Gasteiger partial charge is 0.352 e. The molecule has 5 heteroatoms. The molecule has 1 aliphatic rings. The van der Waals surface area contributed by atoms with Gasteiger partial charge in [0.05, 0.1) is 5.56 Å². The van der Waals surface area contributed by atoms with Crippen LogP contribution < -0.4 is 4.90 Å². The first-order valence-corrected chi connectivity index (χ1v) is 8.66. The number of nitriles is 1. The van der Waals surface area contributed by atoms with Crippen LogP contribution in [0.3, 0.4) is 0 Å². The third-order valence-corrected chi connectivity index (χ3v) is 4.76. The van der Waals surface area contributed by atoms with Gasteiger partial charge in [0.2, 0.25) is 0 Å². The number of hydrogen-bond donors (Lipinski definition) is 0. The van der Waals surface area contributed by atoms with Crippen molar-refractivity contribution in [3.05, 3.63) is 70.9 Å². The van der Waals surface area contributed by atoms with Gasteiger partial charge in [0.15, 0.2) is 0 Å².